The molecule has 0 saturated heterocycles. The van der Waals surface area contributed by atoms with Gasteiger partial charge in [0, 0.05) is 18.9 Å². The van der Waals surface area contributed by atoms with Gasteiger partial charge < -0.3 is 14.9 Å². The van der Waals surface area contributed by atoms with Crippen LogP contribution in [0.2, 0.25) is 0 Å². The van der Waals surface area contributed by atoms with Crippen LogP contribution in [0.1, 0.15) is 18.4 Å². The number of ether oxygens (including phenoxy) is 1. The molecule has 3 unspecified atom stereocenters. The third-order valence-electron chi connectivity index (χ3n) is 3.22. The molecule has 134 valence electrons. The van der Waals surface area contributed by atoms with Crippen LogP contribution in [0.5, 0.6) is 0 Å². The average Bonchev–Trinajstić information content (AvgIpc) is 2.44. The van der Waals surface area contributed by atoms with Crippen LogP contribution in [0.25, 0.3) is 0 Å². The van der Waals surface area contributed by atoms with Crippen molar-refractivity contribution in [3.63, 3.8) is 0 Å². The molecule has 3 atom stereocenters. The topological polar surface area (TPSA) is 62.0 Å². The van der Waals surface area contributed by atoms with E-state index in [0.717, 1.165) is 0 Å². The highest BCUT2D eigenvalue weighted by Gasteiger charge is 2.41. The molecule has 0 spiro atoms. The van der Waals surface area contributed by atoms with E-state index in [0.29, 0.717) is 0 Å². The molecule has 1 aromatic carbocycles. The zero-order chi connectivity index (χ0) is 18.2. The van der Waals surface area contributed by atoms with Crippen LogP contribution in [0.4, 0.5) is 30.7 Å². The van der Waals surface area contributed by atoms with Crippen molar-refractivity contribution in [2.45, 2.75) is 37.5 Å². The highest BCUT2D eigenvalue weighted by molar-refractivity contribution is 5.95. The van der Waals surface area contributed by atoms with Gasteiger partial charge in [-0.3, -0.25) is 0 Å². The summed E-state index contributed by atoms with van der Waals surface area (Å²) in [7, 11) is 0. The first kappa shape index (κ1) is 18.5. The molecule has 0 aliphatic carbocycles. The van der Waals surface area contributed by atoms with Gasteiger partial charge in [-0.2, -0.15) is 13.2 Å². The number of aliphatic hydroxyl groups is 2. The molecule has 0 fully saturated rings. The number of nitrogens with zero attached hydrogens (tertiary/aromatic N) is 1. The number of rotatable bonds is 3. The monoisotopic (exact) mass is 361 g/mol. The van der Waals surface area contributed by atoms with Crippen LogP contribution in [-0.2, 0) is 4.74 Å². The quantitative estimate of drug-likeness (QED) is 0.642. The van der Waals surface area contributed by atoms with Crippen molar-refractivity contribution >= 4 is 5.90 Å². The summed E-state index contributed by atoms with van der Waals surface area (Å²) in [4.78, 5) is 3.42. The van der Waals surface area contributed by atoms with E-state index in [9.17, 15) is 35.8 Å². The van der Waals surface area contributed by atoms with Gasteiger partial charge in [0.25, 0.3) is 0 Å². The Labute approximate surface area is 130 Å². The van der Waals surface area contributed by atoms with E-state index >= 15 is 0 Å². The molecule has 4 nitrogen and oxygen atoms in total. The number of halogens is 7. The molecule has 1 heterocycles. The third-order valence-corrected chi connectivity index (χ3v) is 3.22. The van der Waals surface area contributed by atoms with Crippen molar-refractivity contribution in [3.8, 4) is 0 Å². The Morgan fingerprint density at radius 3 is 2.21 bits per heavy atom. The lowest BCUT2D eigenvalue weighted by Crippen LogP contribution is -2.37. The molecule has 2 N–H and O–H groups in total. The summed E-state index contributed by atoms with van der Waals surface area (Å²) >= 11 is 0. The molecule has 2 rings (SSSR count). The van der Waals surface area contributed by atoms with E-state index in [4.69, 9.17) is 5.11 Å². The van der Waals surface area contributed by atoms with E-state index in [1.165, 1.54) is 0 Å². The number of aliphatic imine (C=N–C) groups is 1. The molecule has 1 aliphatic rings. The number of hydrogen-bond donors (Lipinski definition) is 2. The maximum Gasteiger partial charge on any atom is 0.414 e. The summed E-state index contributed by atoms with van der Waals surface area (Å²) in [5.74, 6) is -8.40. The normalized spacial score (nSPS) is 22.8. The first-order chi connectivity index (χ1) is 11.0. The minimum Gasteiger partial charge on any atom is -0.448 e. The molecule has 0 radical (unpaired) electrons. The smallest absolute Gasteiger partial charge is 0.414 e. The lowest BCUT2D eigenvalue weighted by Gasteiger charge is -2.27. The Morgan fingerprint density at radius 2 is 1.71 bits per heavy atom. The fourth-order valence-corrected chi connectivity index (χ4v) is 2.08. The van der Waals surface area contributed by atoms with Gasteiger partial charge in [-0.15, -0.1) is 0 Å². The average molecular weight is 361 g/mol. The van der Waals surface area contributed by atoms with Gasteiger partial charge in [-0.05, 0) is 0 Å². The molecule has 0 aromatic heterocycles. The number of alkyl halides is 3. The van der Waals surface area contributed by atoms with E-state index in [1.54, 1.807) is 0 Å². The van der Waals surface area contributed by atoms with Gasteiger partial charge in [-0.1, -0.05) is 0 Å². The standard InChI is InChI=1S/C13H10F7NO3/c14-5-3-6(15)11(17)9(10(5)16)12-21-4(2-8(23)24-12)1-7(22)13(18,19)20/h3-4,7-8,22-23H,1-2H2. The SMILES string of the molecule is OC1CC(CC(O)C(F)(F)F)N=C(c2c(F)c(F)cc(F)c2F)O1. The highest BCUT2D eigenvalue weighted by atomic mass is 19.4. The van der Waals surface area contributed by atoms with Crippen molar-refractivity contribution in [2.24, 2.45) is 4.99 Å². The van der Waals surface area contributed by atoms with Crippen LogP contribution < -0.4 is 0 Å². The van der Waals surface area contributed by atoms with Gasteiger partial charge in [0.15, 0.2) is 29.4 Å². The molecular weight excluding hydrogens is 351 g/mol. The Kier molecular flexibility index (Phi) is 5.04. The molecule has 1 aromatic rings. The fourth-order valence-electron chi connectivity index (χ4n) is 2.08. The van der Waals surface area contributed by atoms with Crippen LogP contribution >= 0.6 is 0 Å². The summed E-state index contributed by atoms with van der Waals surface area (Å²) in [6, 6.07) is -1.51. The summed E-state index contributed by atoms with van der Waals surface area (Å²) in [5, 5.41) is 18.4. The number of benzene rings is 1. The summed E-state index contributed by atoms with van der Waals surface area (Å²) in [5.41, 5.74) is -1.39. The van der Waals surface area contributed by atoms with E-state index in [-0.39, 0.29) is 6.07 Å². The lowest BCUT2D eigenvalue weighted by molar-refractivity contribution is -0.207. The molecule has 1 aliphatic heterocycles. The third kappa shape index (κ3) is 3.78. The van der Waals surface area contributed by atoms with Crippen molar-refractivity contribution in [3.05, 3.63) is 34.9 Å². The van der Waals surface area contributed by atoms with Crippen LogP contribution in [-0.4, -0.2) is 40.7 Å². The maximum atomic E-state index is 13.7. The fraction of sp³-hybridized carbons (Fsp3) is 0.462. The first-order valence-electron chi connectivity index (χ1n) is 6.51. The van der Waals surface area contributed by atoms with Gasteiger partial charge in [-0.25, -0.2) is 22.6 Å². The second kappa shape index (κ2) is 6.55. The predicted octanol–water partition coefficient (Wildman–Crippen LogP) is 2.41. The minimum atomic E-state index is -4.97. The van der Waals surface area contributed by atoms with E-state index in [1.807, 2.05) is 0 Å². The first-order valence-corrected chi connectivity index (χ1v) is 6.51. The molecule has 11 heteroatoms. The number of hydrogen-bond acceptors (Lipinski definition) is 4. The van der Waals surface area contributed by atoms with E-state index < -0.39 is 72.2 Å². The molecule has 0 saturated carbocycles. The van der Waals surface area contributed by atoms with Gasteiger partial charge in [0.1, 0.15) is 5.56 Å². The lowest BCUT2D eigenvalue weighted by atomic mass is 10.0. The van der Waals surface area contributed by atoms with Crippen LogP contribution in [0.3, 0.4) is 0 Å². The zero-order valence-corrected chi connectivity index (χ0v) is 11.6. The second-order valence-corrected chi connectivity index (χ2v) is 5.03. The van der Waals surface area contributed by atoms with Crippen molar-refractivity contribution < 1.29 is 45.7 Å². The van der Waals surface area contributed by atoms with Crippen molar-refractivity contribution in [1.29, 1.82) is 0 Å². The highest BCUT2D eigenvalue weighted by Crippen LogP contribution is 2.29. The van der Waals surface area contributed by atoms with Crippen molar-refractivity contribution in [2.75, 3.05) is 0 Å². The molecule has 0 bridgehead atoms. The van der Waals surface area contributed by atoms with E-state index in [2.05, 4.69) is 9.73 Å². The molecular formula is C13H10F7NO3. The van der Waals surface area contributed by atoms with Crippen molar-refractivity contribution in [1.82, 2.24) is 0 Å². The molecule has 24 heavy (non-hydrogen) atoms. The summed E-state index contributed by atoms with van der Waals surface area (Å²) in [6.07, 6.45) is -11.2. The summed E-state index contributed by atoms with van der Waals surface area (Å²) < 4.78 is 95.3. The van der Waals surface area contributed by atoms with Crippen LogP contribution in [0.15, 0.2) is 11.1 Å². The predicted molar refractivity (Wildman–Crippen MR) is 65.0 cm³/mol. The Morgan fingerprint density at radius 1 is 1.17 bits per heavy atom. The Hall–Kier alpha value is -1.88. The Bertz CT molecular complexity index is 636. The van der Waals surface area contributed by atoms with Gasteiger partial charge >= 0.3 is 6.18 Å². The summed E-state index contributed by atoms with van der Waals surface area (Å²) in [6.45, 7) is 0. The maximum absolute atomic E-state index is 13.7. The van der Waals surface area contributed by atoms with Gasteiger partial charge in [0.05, 0.1) is 6.04 Å². The Balaban J connectivity index is 2.40. The largest absolute Gasteiger partial charge is 0.448 e. The molecule has 0 amide bonds. The number of aliphatic hydroxyl groups excluding tert-OH is 2. The van der Waals surface area contributed by atoms with Gasteiger partial charge in [0.2, 0.25) is 12.2 Å². The minimum absolute atomic E-state index is 0.0706. The second-order valence-electron chi connectivity index (χ2n) is 5.03. The zero-order valence-electron chi connectivity index (χ0n) is 11.6. The van der Waals surface area contributed by atoms with Crippen LogP contribution in [0, 0.1) is 23.3 Å².